The second-order valence-electron chi connectivity index (χ2n) is 7.60. The molecule has 9 heteroatoms. The molecule has 0 aliphatic carbocycles. The van der Waals surface area contributed by atoms with Crippen molar-refractivity contribution in [2.24, 2.45) is 10.3 Å². The summed E-state index contributed by atoms with van der Waals surface area (Å²) in [6, 6.07) is 13.5. The van der Waals surface area contributed by atoms with Crippen molar-refractivity contribution in [3.05, 3.63) is 65.5 Å². The summed E-state index contributed by atoms with van der Waals surface area (Å²) < 4.78 is 5.34. The van der Waals surface area contributed by atoms with Crippen molar-refractivity contribution in [1.82, 2.24) is 15.1 Å². The fourth-order valence-corrected chi connectivity index (χ4v) is 3.77. The standard InChI is InChI=1S/C22H20N6O3/c1-3-14-6-10-16(11-7-14)28-21(29)18-19(22(28)30)27(26-24-18)12-17-23-20(25-31-17)15-8-4-13(2)5-9-15/h4-11,18-19H,3,12H2,1-2H3/t18-,19+/m1/s1. The van der Waals surface area contributed by atoms with Gasteiger partial charge in [0, 0.05) is 5.56 Å². The molecule has 9 nitrogen and oxygen atoms in total. The molecule has 0 bridgehead atoms. The molecule has 2 aliphatic rings. The molecule has 0 N–H and O–H groups in total. The Kier molecular flexibility index (Phi) is 4.58. The SMILES string of the molecule is CCc1ccc(N2C(=O)[C@@H]3[C@@H](N=NN3Cc3nc(-c4ccc(C)cc4)no3)C2=O)cc1. The first-order chi connectivity index (χ1) is 15.0. The Morgan fingerprint density at radius 2 is 1.74 bits per heavy atom. The largest absolute Gasteiger partial charge is 0.337 e. The van der Waals surface area contributed by atoms with Crippen LogP contribution in [0.2, 0.25) is 0 Å². The molecule has 0 saturated carbocycles. The number of carbonyl (C=O) groups excluding carboxylic acids is 2. The molecule has 31 heavy (non-hydrogen) atoms. The fraction of sp³-hybridized carbons (Fsp3) is 0.273. The van der Waals surface area contributed by atoms with Crippen molar-refractivity contribution in [1.29, 1.82) is 0 Å². The van der Waals surface area contributed by atoms with Gasteiger partial charge in [0.1, 0.15) is 6.54 Å². The molecule has 3 heterocycles. The number of aromatic nitrogens is 2. The van der Waals surface area contributed by atoms with Gasteiger partial charge in [0.25, 0.3) is 11.8 Å². The Balaban J connectivity index is 1.34. The monoisotopic (exact) mass is 416 g/mol. The van der Waals surface area contributed by atoms with Crippen LogP contribution in [0.5, 0.6) is 0 Å². The lowest BCUT2D eigenvalue weighted by atomic mass is 10.1. The second kappa shape index (κ2) is 7.42. The minimum absolute atomic E-state index is 0.0885. The summed E-state index contributed by atoms with van der Waals surface area (Å²) in [5.74, 6) is 0.00853. The summed E-state index contributed by atoms with van der Waals surface area (Å²) in [5, 5.41) is 13.5. The summed E-state index contributed by atoms with van der Waals surface area (Å²) in [6.45, 7) is 4.14. The zero-order valence-electron chi connectivity index (χ0n) is 17.1. The Hall–Kier alpha value is -3.88. The number of amides is 2. The van der Waals surface area contributed by atoms with Crippen LogP contribution in [-0.4, -0.2) is 39.0 Å². The van der Waals surface area contributed by atoms with Crippen LogP contribution in [0.25, 0.3) is 11.4 Å². The van der Waals surface area contributed by atoms with Gasteiger partial charge in [0.05, 0.1) is 5.69 Å². The van der Waals surface area contributed by atoms with Crippen LogP contribution < -0.4 is 4.90 Å². The number of benzene rings is 2. The first-order valence-corrected chi connectivity index (χ1v) is 10.1. The molecule has 2 aromatic carbocycles. The van der Waals surface area contributed by atoms with E-state index in [-0.39, 0.29) is 18.4 Å². The molecule has 5 rings (SSSR count). The maximum atomic E-state index is 13.1. The van der Waals surface area contributed by atoms with E-state index < -0.39 is 12.1 Å². The molecule has 3 aromatic rings. The van der Waals surface area contributed by atoms with Gasteiger partial charge < -0.3 is 4.52 Å². The van der Waals surface area contributed by atoms with Gasteiger partial charge in [0.15, 0.2) is 12.1 Å². The first kappa shape index (κ1) is 19.1. The summed E-state index contributed by atoms with van der Waals surface area (Å²) in [7, 11) is 0. The van der Waals surface area contributed by atoms with Crippen molar-refractivity contribution < 1.29 is 14.1 Å². The van der Waals surface area contributed by atoms with Crippen LogP contribution in [0.1, 0.15) is 23.9 Å². The Labute approximate surface area is 178 Å². The molecule has 2 aliphatic heterocycles. The smallest absolute Gasteiger partial charge is 0.263 e. The van der Waals surface area contributed by atoms with Crippen LogP contribution in [0.4, 0.5) is 5.69 Å². The van der Waals surface area contributed by atoms with Crippen molar-refractivity contribution in [3.8, 4) is 11.4 Å². The number of aryl methyl sites for hydroxylation is 2. The van der Waals surface area contributed by atoms with Crippen LogP contribution >= 0.6 is 0 Å². The highest BCUT2D eigenvalue weighted by Gasteiger charge is 2.55. The third-order valence-corrected chi connectivity index (χ3v) is 5.54. The number of nitrogens with zero attached hydrogens (tertiary/aromatic N) is 6. The van der Waals surface area contributed by atoms with Gasteiger partial charge in [-0.25, -0.2) is 4.90 Å². The molecular weight excluding hydrogens is 396 g/mol. The maximum Gasteiger partial charge on any atom is 0.263 e. The zero-order chi connectivity index (χ0) is 21.5. The van der Waals surface area contributed by atoms with Crippen LogP contribution in [-0.2, 0) is 22.6 Å². The Morgan fingerprint density at radius 3 is 2.45 bits per heavy atom. The average Bonchev–Trinajstić information content (AvgIpc) is 3.47. The molecule has 1 aromatic heterocycles. The van der Waals surface area contributed by atoms with Crippen LogP contribution in [0.3, 0.4) is 0 Å². The Morgan fingerprint density at radius 1 is 1.00 bits per heavy atom. The highest BCUT2D eigenvalue weighted by atomic mass is 16.5. The number of rotatable bonds is 5. The molecule has 2 atom stereocenters. The van der Waals surface area contributed by atoms with E-state index in [1.54, 1.807) is 12.1 Å². The number of hydrogen-bond acceptors (Lipinski definition) is 8. The van der Waals surface area contributed by atoms with Crippen molar-refractivity contribution in [3.63, 3.8) is 0 Å². The second-order valence-corrected chi connectivity index (χ2v) is 7.60. The molecule has 0 radical (unpaired) electrons. The first-order valence-electron chi connectivity index (χ1n) is 10.1. The number of carbonyl (C=O) groups is 2. The van der Waals surface area contributed by atoms with Crippen LogP contribution in [0, 0.1) is 6.92 Å². The molecule has 1 fully saturated rings. The van der Waals surface area contributed by atoms with Gasteiger partial charge in [-0.15, -0.1) is 0 Å². The number of imide groups is 1. The van der Waals surface area contributed by atoms with Gasteiger partial charge in [0.2, 0.25) is 11.7 Å². The predicted octanol–water partition coefficient (Wildman–Crippen LogP) is 3.10. The molecule has 1 saturated heterocycles. The summed E-state index contributed by atoms with van der Waals surface area (Å²) in [6.07, 6.45) is 0.879. The topological polar surface area (TPSA) is 104 Å². The third kappa shape index (κ3) is 3.27. The lowest BCUT2D eigenvalue weighted by Gasteiger charge is -2.19. The zero-order valence-corrected chi connectivity index (χ0v) is 17.1. The van der Waals surface area contributed by atoms with E-state index in [1.807, 2.05) is 50.2 Å². The van der Waals surface area contributed by atoms with E-state index in [2.05, 4.69) is 20.5 Å². The summed E-state index contributed by atoms with van der Waals surface area (Å²) >= 11 is 0. The summed E-state index contributed by atoms with van der Waals surface area (Å²) in [5.41, 5.74) is 3.63. The number of fused-ring (bicyclic) bond motifs is 1. The lowest BCUT2D eigenvalue weighted by Crippen LogP contribution is -2.39. The average molecular weight is 416 g/mol. The fourth-order valence-electron chi connectivity index (χ4n) is 3.77. The van der Waals surface area contributed by atoms with Gasteiger partial charge in [-0.3, -0.25) is 14.6 Å². The van der Waals surface area contributed by atoms with Gasteiger partial charge in [-0.2, -0.15) is 10.1 Å². The molecular formula is C22H20N6O3. The molecule has 0 spiro atoms. The van der Waals surface area contributed by atoms with E-state index in [0.29, 0.717) is 17.4 Å². The lowest BCUT2D eigenvalue weighted by molar-refractivity contribution is -0.123. The minimum Gasteiger partial charge on any atom is -0.337 e. The normalized spacial score (nSPS) is 20.1. The van der Waals surface area contributed by atoms with Gasteiger partial charge >= 0.3 is 0 Å². The molecule has 2 amide bonds. The van der Waals surface area contributed by atoms with Crippen molar-refractivity contribution in [2.75, 3.05) is 4.90 Å². The van der Waals surface area contributed by atoms with Gasteiger partial charge in [-0.05, 0) is 31.0 Å². The quantitative estimate of drug-likeness (QED) is 0.592. The minimum atomic E-state index is -0.863. The van der Waals surface area contributed by atoms with Gasteiger partial charge in [-0.1, -0.05) is 59.3 Å². The number of hydrogen-bond donors (Lipinski definition) is 0. The van der Waals surface area contributed by atoms with E-state index in [4.69, 9.17) is 4.52 Å². The van der Waals surface area contributed by atoms with Crippen LogP contribution in [0.15, 0.2) is 63.4 Å². The maximum absolute atomic E-state index is 13.1. The van der Waals surface area contributed by atoms with E-state index in [0.717, 1.165) is 23.1 Å². The van der Waals surface area contributed by atoms with E-state index in [9.17, 15) is 9.59 Å². The molecule has 156 valence electrons. The highest BCUT2D eigenvalue weighted by molar-refractivity contribution is 6.25. The highest BCUT2D eigenvalue weighted by Crippen LogP contribution is 2.33. The van der Waals surface area contributed by atoms with Crippen molar-refractivity contribution >= 4 is 17.5 Å². The predicted molar refractivity (Wildman–Crippen MR) is 111 cm³/mol. The van der Waals surface area contributed by atoms with E-state index >= 15 is 0 Å². The number of anilines is 1. The summed E-state index contributed by atoms with van der Waals surface area (Å²) in [4.78, 5) is 31.5. The van der Waals surface area contributed by atoms with Crippen molar-refractivity contribution in [2.45, 2.75) is 38.9 Å². The van der Waals surface area contributed by atoms with E-state index in [1.165, 1.54) is 9.91 Å². The molecule has 0 unspecified atom stereocenters. The Bertz CT molecular complexity index is 1170. The third-order valence-electron chi connectivity index (χ3n) is 5.54.